The minimum atomic E-state index is 0.524. The van der Waals surface area contributed by atoms with Gasteiger partial charge in [0, 0.05) is 19.7 Å². The number of rotatable bonds is 6. The summed E-state index contributed by atoms with van der Waals surface area (Å²) in [7, 11) is 3.54. The summed E-state index contributed by atoms with van der Waals surface area (Å²) in [6, 6.07) is 17.5. The maximum Gasteiger partial charge on any atom is 0.162 e. The van der Waals surface area contributed by atoms with Crippen molar-refractivity contribution in [1.82, 2.24) is 20.2 Å². The smallest absolute Gasteiger partial charge is 0.162 e. The van der Waals surface area contributed by atoms with Crippen LogP contribution < -0.4 is 9.75 Å². The molecule has 1 heterocycles. The van der Waals surface area contributed by atoms with Crippen molar-refractivity contribution in [3.05, 3.63) is 60.4 Å². The predicted octanol–water partition coefficient (Wildman–Crippen LogP) is 2.34. The van der Waals surface area contributed by atoms with Crippen LogP contribution in [-0.2, 0) is 6.42 Å². The zero-order valence-electron chi connectivity index (χ0n) is 13.6. The third-order valence-electron chi connectivity index (χ3n) is 3.51. The number of methoxy groups -OCH3 is 1. The zero-order chi connectivity index (χ0) is 16.8. The van der Waals surface area contributed by atoms with Gasteiger partial charge in [-0.15, -0.1) is 5.10 Å². The van der Waals surface area contributed by atoms with E-state index in [0.29, 0.717) is 12.2 Å². The molecule has 24 heavy (non-hydrogen) atoms. The second-order valence-corrected chi connectivity index (χ2v) is 5.07. The Hall–Kier alpha value is -3.22. The number of ether oxygens (including phenoxy) is 1. The van der Waals surface area contributed by atoms with Crippen LogP contribution in [0, 0.1) is 0 Å². The minimum Gasteiger partial charge on any atom is -0.497 e. The van der Waals surface area contributed by atoms with Gasteiger partial charge in [-0.1, -0.05) is 18.2 Å². The molecule has 0 saturated heterocycles. The van der Waals surface area contributed by atoms with Crippen LogP contribution in [0.4, 0.5) is 5.69 Å². The van der Waals surface area contributed by atoms with E-state index >= 15 is 0 Å². The molecule has 0 saturated carbocycles. The molecule has 0 aliphatic rings. The maximum absolute atomic E-state index is 5.16. The highest BCUT2D eigenvalue weighted by Gasteiger charge is 2.07. The molecular formula is C17H18N6O. The van der Waals surface area contributed by atoms with Crippen molar-refractivity contribution in [2.75, 3.05) is 19.2 Å². The van der Waals surface area contributed by atoms with Crippen LogP contribution >= 0.6 is 0 Å². The van der Waals surface area contributed by atoms with Crippen LogP contribution in [0.15, 0.2) is 59.7 Å². The van der Waals surface area contributed by atoms with Crippen molar-refractivity contribution < 1.29 is 4.74 Å². The molecule has 3 rings (SSSR count). The van der Waals surface area contributed by atoms with Crippen molar-refractivity contribution in [2.45, 2.75) is 6.42 Å². The van der Waals surface area contributed by atoms with Gasteiger partial charge in [0.15, 0.2) is 5.82 Å². The zero-order valence-corrected chi connectivity index (χ0v) is 13.6. The van der Waals surface area contributed by atoms with Crippen molar-refractivity contribution in [3.63, 3.8) is 0 Å². The standard InChI is InChI=1S/C17H18N6O/c1-22(14-6-4-3-5-7-14)18-13-12-17-19-20-21-23(17)15-8-10-16(24-2)11-9-15/h3-11,13H,12H2,1-2H3/b18-13-. The Balaban J connectivity index is 1.70. The number of hydrogen-bond acceptors (Lipinski definition) is 6. The van der Waals surface area contributed by atoms with Gasteiger partial charge >= 0.3 is 0 Å². The van der Waals surface area contributed by atoms with E-state index in [9.17, 15) is 0 Å². The third kappa shape index (κ3) is 3.57. The normalized spacial score (nSPS) is 10.9. The van der Waals surface area contributed by atoms with Crippen molar-refractivity contribution in [2.24, 2.45) is 5.10 Å². The van der Waals surface area contributed by atoms with Gasteiger partial charge in [0.05, 0.1) is 18.5 Å². The summed E-state index contributed by atoms with van der Waals surface area (Å²) in [5.41, 5.74) is 1.89. The molecule has 7 nitrogen and oxygen atoms in total. The van der Waals surface area contributed by atoms with Gasteiger partial charge in [0.2, 0.25) is 0 Å². The van der Waals surface area contributed by atoms with Crippen molar-refractivity contribution in [1.29, 1.82) is 0 Å². The molecule has 0 aliphatic carbocycles. The van der Waals surface area contributed by atoms with Gasteiger partial charge in [0.1, 0.15) is 5.75 Å². The number of hydrogen-bond donors (Lipinski definition) is 0. The Morgan fingerprint density at radius 1 is 1.12 bits per heavy atom. The van der Waals surface area contributed by atoms with E-state index in [1.54, 1.807) is 18.0 Å². The number of nitrogens with zero attached hydrogens (tertiary/aromatic N) is 6. The van der Waals surface area contributed by atoms with Crippen molar-refractivity contribution in [3.8, 4) is 11.4 Å². The monoisotopic (exact) mass is 322 g/mol. The fourth-order valence-electron chi connectivity index (χ4n) is 2.21. The molecular weight excluding hydrogens is 304 g/mol. The molecule has 7 heteroatoms. The molecule has 0 bridgehead atoms. The number of anilines is 1. The SMILES string of the molecule is COc1ccc(-n2nnnc2C/C=N\N(C)c2ccccc2)cc1. The molecule has 0 aliphatic heterocycles. The summed E-state index contributed by atoms with van der Waals surface area (Å²) in [4.78, 5) is 0. The molecule has 0 atom stereocenters. The highest BCUT2D eigenvalue weighted by molar-refractivity contribution is 5.62. The topological polar surface area (TPSA) is 68.4 Å². The highest BCUT2D eigenvalue weighted by atomic mass is 16.5. The summed E-state index contributed by atoms with van der Waals surface area (Å²) < 4.78 is 6.85. The molecule has 0 radical (unpaired) electrons. The van der Waals surface area contributed by atoms with Crippen LogP contribution in [0.2, 0.25) is 0 Å². The average Bonchev–Trinajstić information content (AvgIpc) is 3.11. The Bertz CT molecular complexity index is 797. The summed E-state index contributed by atoms with van der Waals surface area (Å²) in [5, 5.41) is 18.1. The molecule has 1 aromatic heterocycles. The summed E-state index contributed by atoms with van der Waals surface area (Å²) in [5.74, 6) is 1.50. The molecule has 2 aromatic carbocycles. The van der Waals surface area contributed by atoms with Gasteiger partial charge in [-0.2, -0.15) is 9.78 Å². The van der Waals surface area contributed by atoms with Gasteiger partial charge in [-0.05, 0) is 46.8 Å². The van der Waals surface area contributed by atoms with Crippen molar-refractivity contribution >= 4 is 11.9 Å². The van der Waals surface area contributed by atoms with E-state index in [1.807, 2.05) is 66.7 Å². The lowest BCUT2D eigenvalue weighted by atomic mass is 10.3. The lowest BCUT2D eigenvalue weighted by molar-refractivity contribution is 0.414. The Morgan fingerprint density at radius 3 is 2.58 bits per heavy atom. The first-order chi connectivity index (χ1) is 11.8. The van der Waals surface area contributed by atoms with Crippen LogP contribution in [-0.4, -0.2) is 40.6 Å². The summed E-state index contributed by atoms with van der Waals surface area (Å²) in [6.45, 7) is 0. The largest absolute Gasteiger partial charge is 0.497 e. The highest BCUT2D eigenvalue weighted by Crippen LogP contribution is 2.15. The fourth-order valence-corrected chi connectivity index (χ4v) is 2.21. The van der Waals surface area contributed by atoms with Crippen LogP contribution in [0.3, 0.4) is 0 Å². The van der Waals surface area contributed by atoms with Gasteiger partial charge in [0.25, 0.3) is 0 Å². The summed E-state index contributed by atoms with van der Waals surface area (Å²) >= 11 is 0. The lowest BCUT2D eigenvalue weighted by Gasteiger charge is -2.12. The first-order valence-electron chi connectivity index (χ1n) is 7.51. The summed E-state index contributed by atoms with van der Waals surface area (Å²) in [6.07, 6.45) is 2.31. The number of aromatic nitrogens is 4. The first-order valence-corrected chi connectivity index (χ1v) is 7.51. The Kier molecular flexibility index (Phi) is 4.81. The van der Waals surface area contributed by atoms with E-state index < -0.39 is 0 Å². The quantitative estimate of drug-likeness (QED) is 0.515. The van der Waals surface area contributed by atoms with Gasteiger partial charge in [-0.25, -0.2) is 0 Å². The Labute approximate surface area is 140 Å². The van der Waals surface area contributed by atoms with E-state index in [-0.39, 0.29) is 0 Å². The van der Waals surface area contributed by atoms with Crippen LogP contribution in [0.25, 0.3) is 5.69 Å². The Morgan fingerprint density at radius 2 is 1.88 bits per heavy atom. The van der Waals surface area contributed by atoms with Gasteiger partial charge < -0.3 is 4.74 Å². The van der Waals surface area contributed by atoms with E-state index in [0.717, 1.165) is 17.1 Å². The third-order valence-corrected chi connectivity index (χ3v) is 3.51. The average molecular weight is 322 g/mol. The minimum absolute atomic E-state index is 0.524. The van der Waals surface area contributed by atoms with E-state index in [4.69, 9.17) is 4.74 Å². The van der Waals surface area contributed by atoms with E-state index in [2.05, 4.69) is 20.6 Å². The van der Waals surface area contributed by atoms with Crippen LogP contribution in [0.5, 0.6) is 5.75 Å². The first kappa shape index (κ1) is 15.7. The maximum atomic E-state index is 5.16. The molecule has 0 unspecified atom stereocenters. The molecule has 0 amide bonds. The molecule has 122 valence electrons. The van der Waals surface area contributed by atoms with Crippen LogP contribution in [0.1, 0.15) is 5.82 Å². The number of benzene rings is 2. The second kappa shape index (κ2) is 7.36. The van der Waals surface area contributed by atoms with Gasteiger partial charge in [-0.3, -0.25) is 5.01 Å². The molecule has 0 N–H and O–H groups in total. The van der Waals surface area contributed by atoms with E-state index in [1.165, 1.54) is 0 Å². The molecule has 0 spiro atoms. The number of hydrazone groups is 1. The number of tetrazole rings is 1. The fraction of sp³-hybridized carbons (Fsp3) is 0.176. The molecule has 0 fully saturated rings. The lowest BCUT2D eigenvalue weighted by Crippen LogP contribution is -2.10. The predicted molar refractivity (Wildman–Crippen MR) is 92.7 cm³/mol. The second-order valence-electron chi connectivity index (χ2n) is 5.07. The molecule has 3 aromatic rings. The number of para-hydroxylation sites is 1.